The van der Waals surface area contributed by atoms with Crippen LogP contribution in [0.5, 0.6) is 23.0 Å². The second-order valence-electron chi connectivity index (χ2n) is 7.94. The lowest BCUT2D eigenvalue weighted by atomic mass is 10.1. The average molecular weight is 499 g/mol. The molecule has 0 amide bonds. The van der Waals surface area contributed by atoms with Gasteiger partial charge in [0.2, 0.25) is 0 Å². The number of fused-ring (bicyclic) bond motifs is 3. The van der Waals surface area contributed by atoms with Crippen LogP contribution in [0.3, 0.4) is 0 Å². The van der Waals surface area contributed by atoms with Crippen LogP contribution in [-0.4, -0.2) is 79.3 Å². The molecular weight excluding hydrogens is 464 g/mol. The quantitative estimate of drug-likeness (QED) is 0.458. The third kappa shape index (κ3) is 8.57. The third-order valence-electron chi connectivity index (χ3n) is 5.35. The summed E-state index contributed by atoms with van der Waals surface area (Å²) in [4.78, 5) is 0. The van der Waals surface area contributed by atoms with Crippen LogP contribution in [0.2, 0.25) is 0 Å². The highest BCUT2D eigenvalue weighted by Gasteiger charge is 2.09. The number of hydrogen-bond acceptors (Lipinski definition) is 8. The van der Waals surface area contributed by atoms with Gasteiger partial charge in [-0.05, 0) is 35.0 Å². The Bertz CT molecular complexity index is 959. The maximum atomic E-state index is 5.98. The third-order valence-corrected chi connectivity index (χ3v) is 5.35. The largest absolute Gasteiger partial charge is 0.487 e. The van der Waals surface area contributed by atoms with Gasteiger partial charge in [0, 0.05) is 0 Å². The number of benzene rings is 3. The van der Waals surface area contributed by atoms with E-state index in [0.717, 1.165) is 10.8 Å². The van der Waals surface area contributed by atoms with Gasteiger partial charge in [-0.15, -0.1) is 0 Å². The van der Waals surface area contributed by atoms with Gasteiger partial charge in [0.15, 0.2) is 23.0 Å². The first-order chi connectivity index (χ1) is 17.9. The molecule has 1 aliphatic heterocycles. The summed E-state index contributed by atoms with van der Waals surface area (Å²) < 4.78 is 46.1. The minimum absolute atomic E-state index is 0.405. The molecule has 3 aromatic rings. The molecule has 0 saturated carbocycles. The van der Waals surface area contributed by atoms with Gasteiger partial charge in [-0.25, -0.2) is 0 Å². The van der Waals surface area contributed by atoms with Gasteiger partial charge in [-0.3, -0.25) is 0 Å². The van der Waals surface area contributed by atoms with E-state index in [0.29, 0.717) is 102 Å². The standard InChI is InChI=1S/C28H34O8/c1-2-6-24-22-28-27(21-23(24)5-1)35-19-15-31-11-9-29-13-17-33-25-7-3-4-8-26(25)34-18-14-30-10-12-32-16-20-36-28/h1-8,21-22H,9-20H2. The maximum Gasteiger partial charge on any atom is 0.161 e. The van der Waals surface area contributed by atoms with E-state index < -0.39 is 0 Å². The van der Waals surface area contributed by atoms with Crippen molar-refractivity contribution >= 4 is 10.8 Å². The monoisotopic (exact) mass is 498 g/mol. The molecule has 194 valence electrons. The molecule has 0 saturated heterocycles. The van der Waals surface area contributed by atoms with Crippen molar-refractivity contribution in [3.05, 3.63) is 60.7 Å². The minimum Gasteiger partial charge on any atom is -0.487 e. The molecule has 1 heterocycles. The lowest BCUT2D eigenvalue weighted by Gasteiger charge is -2.15. The minimum atomic E-state index is 0.405. The molecule has 8 heteroatoms. The van der Waals surface area contributed by atoms with Crippen LogP contribution in [-0.2, 0) is 18.9 Å². The Balaban J connectivity index is 1.30. The van der Waals surface area contributed by atoms with Crippen LogP contribution < -0.4 is 18.9 Å². The highest BCUT2D eigenvalue weighted by molar-refractivity contribution is 5.86. The fraction of sp³-hybridized carbons (Fsp3) is 0.429. The number of hydrogen-bond donors (Lipinski definition) is 0. The van der Waals surface area contributed by atoms with Crippen LogP contribution in [0.25, 0.3) is 10.8 Å². The van der Waals surface area contributed by atoms with E-state index in [4.69, 9.17) is 37.9 Å². The summed E-state index contributed by atoms with van der Waals surface area (Å²) in [6.45, 7) is 5.34. The highest BCUT2D eigenvalue weighted by Crippen LogP contribution is 2.32. The fourth-order valence-corrected chi connectivity index (χ4v) is 3.60. The Kier molecular flexibility index (Phi) is 11.0. The van der Waals surface area contributed by atoms with Gasteiger partial charge in [-0.1, -0.05) is 36.4 Å². The van der Waals surface area contributed by atoms with E-state index in [2.05, 4.69) is 12.1 Å². The van der Waals surface area contributed by atoms with Crippen molar-refractivity contribution in [2.24, 2.45) is 0 Å². The average Bonchev–Trinajstić information content (AvgIpc) is 2.91. The molecule has 4 rings (SSSR count). The summed E-state index contributed by atoms with van der Waals surface area (Å²) in [5, 5.41) is 2.18. The summed E-state index contributed by atoms with van der Waals surface area (Å²) in [6.07, 6.45) is 0. The smallest absolute Gasteiger partial charge is 0.161 e. The van der Waals surface area contributed by atoms with Crippen LogP contribution >= 0.6 is 0 Å². The van der Waals surface area contributed by atoms with Crippen molar-refractivity contribution in [1.29, 1.82) is 0 Å². The first-order valence-corrected chi connectivity index (χ1v) is 12.3. The van der Waals surface area contributed by atoms with Gasteiger partial charge in [0.1, 0.15) is 26.4 Å². The fourth-order valence-electron chi connectivity index (χ4n) is 3.60. The molecule has 36 heavy (non-hydrogen) atoms. The zero-order valence-corrected chi connectivity index (χ0v) is 20.5. The Morgan fingerprint density at radius 3 is 1.03 bits per heavy atom. The van der Waals surface area contributed by atoms with Gasteiger partial charge >= 0.3 is 0 Å². The van der Waals surface area contributed by atoms with Crippen molar-refractivity contribution in [2.45, 2.75) is 0 Å². The molecule has 0 fully saturated rings. The lowest BCUT2D eigenvalue weighted by Crippen LogP contribution is -2.15. The van der Waals surface area contributed by atoms with Gasteiger partial charge in [-0.2, -0.15) is 0 Å². The summed E-state index contributed by atoms with van der Waals surface area (Å²) in [6, 6.07) is 19.7. The molecule has 0 aromatic heterocycles. The first kappa shape index (κ1) is 26.0. The zero-order valence-electron chi connectivity index (χ0n) is 20.5. The van der Waals surface area contributed by atoms with E-state index in [1.165, 1.54) is 0 Å². The molecule has 0 N–H and O–H groups in total. The Hall–Kier alpha value is -3.04. The summed E-state index contributed by atoms with van der Waals surface area (Å²) in [5.41, 5.74) is 0. The second-order valence-corrected chi connectivity index (χ2v) is 7.94. The highest BCUT2D eigenvalue weighted by atomic mass is 16.6. The topological polar surface area (TPSA) is 73.8 Å². The molecule has 1 aliphatic rings. The summed E-state index contributed by atoms with van der Waals surface area (Å²) in [5.74, 6) is 2.73. The molecular formula is C28H34O8. The van der Waals surface area contributed by atoms with Crippen LogP contribution in [0.4, 0.5) is 0 Å². The number of para-hydroxylation sites is 2. The van der Waals surface area contributed by atoms with E-state index >= 15 is 0 Å². The van der Waals surface area contributed by atoms with Crippen molar-refractivity contribution < 1.29 is 37.9 Å². The molecule has 0 unspecified atom stereocenters. The second kappa shape index (κ2) is 15.2. The van der Waals surface area contributed by atoms with E-state index in [1.54, 1.807) is 0 Å². The molecule has 0 aliphatic carbocycles. The SMILES string of the molecule is c1ccc2c(c1)OCCOCCOCCOc1cc3ccccc3cc1OCCOCCOCCO2. The van der Waals surface area contributed by atoms with Crippen LogP contribution in [0, 0.1) is 0 Å². The van der Waals surface area contributed by atoms with Crippen LogP contribution in [0.1, 0.15) is 0 Å². The molecule has 8 nitrogen and oxygen atoms in total. The first-order valence-electron chi connectivity index (χ1n) is 12.3. The molecule has 3 aromatic carbocycles. The Morgan fingerprint density at radius 2 is 0.639 bits per heavy atom. The van der Waals surface area contributed by atoms with Crippen LogP contribution in [0.15, 0.2) is 60.7 Å². The number of rotatable bonds is 0. The predicted octanol–water partition coefficient (Wildman–Crippen LogP) is 4.14. The van der Waals surface area contributed by atoms with Crippen molar-refractivity contribution in [1.82, 2.24) is 0 Å². The Morgan fingerprint density at radius 1 is 0.333 bits per heavy atom. The molecule has 0 atom stereocenters. The van der Waals surface area contributed by atoms with Gasteiger partial charge in [0.25, 0.3) is 0 Å². The lowest BCUT2D eigenvalue weighted by molar-refractivity contribution is 0.0224. The van der Waals surface area contributed by atoms with E-state index in [-0.39, 0.29) is 0 Å². The Labute approximate surface area is 211 Å². The zero-order chi connectivity index (χ0) is 24.7. The van der Waals surface area contributed by atoms with Crippen molar-refractivity contribution in [3.63, 3.8) is 0 Å². The van der Waals surface area contributed by atoms with E-state index in [1.807, 2.05) is 48.5 Å². The number of ether oxygens (including phenoxy) is 8. The van der Waals surface area contributed by atoms with E-state index in [9.17, 15) is 0 Å². The molecule has 0 spiro atoms. The normalized spacial score (nSPS) is 17.7. The summed E-state index contributed by atoms with van der Waals surface area (Å²) >= 11 is 0. The van der Waals surface area contributed by atoms with Gasteiger partial charge in [0.05, 0.1) is 52.9 Å². The van der Waals surface area contributed by atoms with Crippen molar-refractivity contribution in [2.75, 3.05) is 79.3 Å². The predicted molar refractivity (Wildman–Crippen MR) is 136 cm³/mol. The van der Waals surface area contributed by atoms with Crippen molar-refractivity contribution in [3.8, 4) is 23.0 Å². The maximum absolute atomic E-state index is 5.98. The summed E-state index contributed by atoms with van der Waals surface area (Å²) in [7, 11) is 0. The molecule has 0 bridgehead atoms. The molecule has 0 radical (unpaired) electrons. The van der Waals surface area contributed by atoms with Gasteiger partial charge < -0.3 is 37.9 Å².